The van der Waals surface area contributed by atoms with Crippen LogP contribution in [-0.4, -0.2) is 86.9 Å². The smallest absolute Gasteiger partial charge is 0.191 e. The lowest BCUT2D eigenvalue weighted by Gasteiger charge is -2.35. The van der Waals surface area contributed by atoms with Gasteiger partial charge in [-0.3, -0.25) is 4.90 Å². The van der Waals surface area contributed by atoms with Gasteiger partial charge in [-0.25, -0.2) is 4.99 Å². The van der Waals surface area contributed by atoms with E-state index in [0.29, 0.717) is 25.2 Å². The van der Waals surface area contributed by atoms with Gasteiger partial charge in [-0.05, 0) is 51.3 Å². The molecule has 3 rings (SSSR count). The normalized spacial score (nSPS) is 19.5. The molecule has 1 aromatic carbocycles. The van der Waals surface area contributed by atoms with E-state index >= 15 is 0 Å². The molecule has 0 saturated carbocycles. The number of morpholine rings is 1. The molecule has 0 aromatic heterocycles. The van der Waals surface area contributed by atoms with Gasteiger partial charge < -0.3 is 25.0 Å². The van der Waals surface area contributed by atoms with Crippen molar-refractivity contribution in [1.29, 1.82) is 0 Å². The van der Waals surface area contributed by atoms with E-state index in [2.05, 4.69) is 59.4 Å². The maximum absolute atomic E-state index is 5.99. The average Bonchev–Trinajstić information content (AvgIpc) is 2.79. The lowest BCUT2D eigenvalue weighted by Crippen LogP contribution is -2.49. The minimum absolute atomic E-state index is 0.489. The zero-order valence-corrected chi connectivity index (χ0v) is 19.6. The van der Waals surface area contributed by atoms with Crippen LogP contribution in [-0.2, 0) is 11.3 Å². The second-order valence-electron chi connectivity index (χ2n) is 8.69. The molecule has 174 valence electrons. The van der Waals surface area contributed by atoms with Gasteiger partial charge in [0.2, 0.25) is 0 Å². The number of hydrogen-bond acceptors (Lipinski definition) is 5. The molecule has 0 unspecified atom stereocenters. The van der Waals surface area contributed by atoms with Crippen molar-refractivity contribution < 1.29 is 9.47 Å². The molecule has 7 nitrogen and oxygen atoms in total. The van der Waals surface area contributed by atoms with Gasteiger partial charge in [0.1, 0.15) is 12.4 Å². The Balaban J connectivity index is 1.46. The zero-order chi connectivity index (χ0) is 21.9. The topological polar surface area (TPSA) is 61.4 Å². The van der Waals surface area contributed by atoms with Crippen molar-refractivity contribution >= 4 is 5.96 Å². The second-order valence-corrected chi connectivity index (χ2v) is 8.69. The molecule has 2 aliphatic heterocycles. The molecule has 1 aromatic rings. The van der Waals surface area contributed by atoms with E-state index in [1.54, 1.807) is 0 Å². The number of aliphatic imine (C=N–C) groups is 1. The van der Waals surface area contributed by atoms with Gasteiger partial charge in [0.15, 0.2) is 5.96 Å². The standard InChI is InChI=1S/C24H41N5O2/c1-4-25-24(27-22-8-10-29(11-9-22)20(2)3)26-19-21-6-5-7-23(18-21)31-17-14-28-12-15-30-16-13-28/h5-7,18,20,22H,4,8-17,19H2,1-3H3,(H2,25,26,27). The first kappa shape index (κ1) is 23.8. The summed E-state index contributed by atoms with van der Waals surface area (Å²) in [5.74, 6) is 1.82. The first-order valence-electron chi connectivity index (χ1n) is 11.9. The summed E-state index contributed by atoms with van der Waals surface area (Å²) in [5, 5.41) is 7.03. The predicted octanol–water partition coefficient (Wildman–Crippen LogP) is 2.33. The van der Waals surface area contributed by atoms with Crippen molar-refractivity contribution in [3.63, 3.8) is 0 Å². The van der Waals surface area contributed by atoms with E-state index in [4.69, 9.17) is 14.5 Å². The number of nitrogens with one attached hydrogen (secondary N) is 2. The molecule has 0 spiro atoms. The molecule has 0 aliphatic carbocycles. The Bertz CT molecular complexity index is 668. The highest BCUT2D eigenvalue weighted by Gasteiger charge is 2.21. The van der Waals surface area contributed by atoms with Gasteiger partial charge in [0.05, 0.1) is 19.8 Å². The Hall–Kier alpha value is -1.83. The maximum Gasteiger partial charge on any atom is 0.191 e. The molecule has 2 heterocycles. The van der Waals surface area contributed by atoms with E-state index in [1.165, 1.54) is 0 Å². The SMILES string of the molecule is CCNC(=NCc1cccc(OCCN2CCOCC2)c1)NC1CCN(C(C)C)CC1. The molecule has 2 aliphatic rings. The molecule has 2 saturated heterocycles. The van der Waals surface area contributed by atoms with E-state index in [1.807, 2.05) is 6.07 Å². The Morgan fingerprint density at radius 3 is 2.68 bits per heavy atom. The molecule has 7 heteroatoms. The van der Waals surface area contributed by atoms with E-state index in [-0.39, 0.29) is 0 Å². The van der Waals surface area contributed by atoms with Crippen molar-refractivity contribution in [3.05, 3.63) is 29.8 Å². The predicted molar refractivity (Wildman–Crippen MR) is 127 cm³/mol. The van der Waals surface area contributed by atoms with Crippen LogP contribution < -0.4 is 15.4 Å². The first-order valence-corrected chi connectivity index (χ1v) is 11.9. The molecular weight excluding hydrogens is 390 g/mol. The Morgan fingerprint density at radius 1 is 1.19 bits per heavy atom. The van der Waals surface area contributed by atoms with Crippen LogP contribution >= 0.6 is 0 Å². The van der Waals surface area contributed by atoms with Gasteiger partial charge in [0.25, 0.3) is 0 Å². The number of likely N-dealkylation sites (tertiary alicyclic amines) is 1. The first-order chi connectivity index (χ1) is 15.1. The Morgan fingerprint density at radius 2 is 1.97 bits per heavy atom. The summed E-state index contributed by atoms with van der Waals surface area (Å²) < 4.78 is 11.4. The van der Waals surface area contributed by atoms with Crippen molar-refractivity contribution in [2.45, 2.75) is 52.2 Å². The summed E-state index contributed by atoms with van der Waals surface area (Å²) in [7, 11) is 0. The van der Waals surface area contributed by atoms with Gasteiger partial charge in [-0.15, -0.1) is 0 Å². The summed E-state index contributed by atoms with van der Waals surface area (Å²) in [6.07, 6.45) is 2.32. The minimum atomic E-state index is 0.489. The minimum Gasteiger partial charge on any atom is -0.492 e. The van der Waals surface area contributed by atoms with Gasteiger partial charge in [-0.1, -0.05) is 12.1 Å². The van der Waals surface area contributed by atoms with Crippen LogP contribution in [0.5, 0.6) is 5.75 Å². The van der Waals surface area contributed by atoms with Crippen LogP contribution in [0.15, 0.2) is 29.3 Å². The second kappa shape index (κ2) is 12.9. The monoisotopic (exact) mass is 431 g/mol. The lowest BCUT2D eigenvalue weighted by atomic mass is 10.0. The summed E-state index contributed by atoms with van der Waals surface area (Å²) in [4.78, 5) is 9.76. The van der Waals surface area contributed by atoms with E-state index in [9.17, 15) is 0 Å². The van der Waals surface area contributed by atoms with Crippen LogP contribution in [0.1, 0.15) is 39.2 Å². The molecule has 2 fully saturated rings. The largest absolute Gasteiger partial charge is 0.492 e. The average molecular weight is 432 g/mol. The molecule has 2 N–H and O–H groups in total. The van der Waals surface area contributed by atoms with Crippen LogP contribution in [0.3, 0.4) is 0 Å². The maximum atomic E-state index is 5.99. The summed E-state index contributed by atoms with van der Waals surface area (Å²) in [5.41, 5.74) is 1.16. The van der Waals surface area contributed by atoms with Crippen LogP contribution in [0.25, 0.3) is 0 Å². The number of guanidine groups is 1. The number of hydrogen-bond donors (Lipinski definition) is 2. The Labute approximate surface area is 188 Å². The van der Waals surface area contributed by atoms with Crippen molar-refractivity contribution in [2.24, 2.45) is 4.99 Å². The van der Waals surface area contributed by atoms with Crippen molar-refractivity contribution in [1.82, 2.24) is 20.4 Å². The number of piperidine rings is 1. The molecule has 0 amide bonds. The highest BCUT2D eigenvalue weighted by Crippen LogP contribution is 2.15. The quantitative estimate of drug-likeness (QED) is 0.462. The van der Waals surface area contributed by atoms with Crippen LogP contribution in [0.4, 0.5) is 0 Å². The number of rotatable bonds is 9. The van der Waals surface area contributed by atoms with E-state index < -0.39 is 0 Å². The summed E-state index contributed by atoms with van der Waals surface area (Å²) >= 11 is 0. The van der Waals surface area contributed by atoms with Gasteiger partial charge in [0, 0.05) is 51.4 Å². The van der Waals surface area contributed by atoms with Crippen LogP contribution in [0.2, 0.25) is 0 Å². The fourth-order valence-corrected chi connectivity index (χ4v) is 4.09. The zero-order valence-electron chi connectivity index (χ0n) is 19.6. The fraction of sp³-hybridized carbons (Fsp3) is 0.708. The third kappa shape index (κ3) is 8.31. The Kier molecular flexibility index (Phi) is 9.90. The molecule has 0 bridgehead atoms. The lowest BCUT2D eigenvalue weighted by molar-refractivity contribution is 0.0322. The third-order valence-corrected chi connectivity index (χ3v) is 6.04. The number of ether oxygens (including phenoxy) is 2. The van der Waals surface area contributed by atoms with Gasteiger partial charge in [-0.2, -0.15) is 0 Å². The van der Waals surface area contributed by atoms with Crippen molar-refractivity contribution in [2.75, 3.05) is 59.1 Å². The van der Waals surface area contributed by atoms with Gasteiger partial charge >= 0.3 is 0 Å². The fourth-order valence-electron chi connectivity index (χ4n) is 4.09. The molecular formula is C24H41N5O2. The number of benzene rings is 1. The van der Waals surface area contributed by atoms with E-state index in [0.717, 1.165) is 82.6 Å². The number of nitrogens with zero attached hydrogens (tertiary/aromatic N) is 3. The molecule has 31 heavy (non-hydrogen) atoms. The third-order valence-electron chi connectivity index (χ3n) is 6.04. The van der Waals surface area contributed by atoms with Crippen LogP contribution in [0, 0.1) is 0 Å². The summed E-state index contributed by atoms with van der Waals surface area (Å²) in [6, 6.07) is 9.42. The summed E-state index contributed by atoms with van der Waals surface area (Å²) in [6.45, 7) is 15.8. The highest BCUT2D eigenvalue weighted by molar-refractivity contribution is 5.80. The molecule has 0 radical (unpaired) electrons. The molecule has 0 atom stereocenters. The van der Waals surface area contributed by atoms with Crippen molar-refractivity contribution in [3.8, 4) is 5.75 Å². The highest BCUT2D eigenvalue weighted by atomic mass is 16.5.